The molecule has 0 spiro atoms. The van der Waals surface area contributed by atoms with E-state index in [-0.39, 0.29) is 6.54 Å². The van der Waals surface area contributed by atoms with Crippen LogP contribution in [-0.4, -0.2) is 32.5 Å². The van der Waals surface area contributed by atoms with Crippen LogP contribution in [0.4, 0.5) is 0 Å². The molecule has 0 radical (unpaired) electrons. The molecule has 0 bridgehead atoms. The first kappa shape index (κ1) is 9.49. The highest BCUT2D eigenvalue weighted by Crippen LogP contribution is 2.23. The molecule has 5 heteroatoms. The lowest BCUT2D eigenvalue weighted by molar-refractivity contribution is 0.448. The molecule has 1 aliphatic rings. The number of nitrogens with one attached hydrogen (secondary N) is 1. The van der Waals surface area contributed by atoms with Crippen molar-refractivity contribution in [3.05, 3.63) is 0 Å². The predicted octanol–water partition coefficient (Wildman–Crippen LogP) is -0.323. The summed E-state index contributed by atoms with van der Waals surface area (Å²) in [4.78, 5) is 0. The summed E-state index contributed by atoms with van der Waals surface area (Å²) < 4.78 is 21.4. The zero-order chi connectivity index (χ0) is 9.24. The van der Waals surface area contributed by atoms with E-state index >= 15 is 0 Å². The number of nitriles is 1. The Bertz CT molecular complexity index is 296. The molecule has 0 aromatic heterocycles. The number of hydrogen-bond donors (Lipinski definition) is 1. The summed E-state index contributed by atoms with van der Waals surface area (Å²) >= 11 is 0. The lowest BCUT2D eigenvalue weighted by Crippen LogP contribution is -2.49. The van der Waals surface area contributed by atoms with Crippen LogP contribution in [0.25, 0.3) is 0 Å². The second kappa shape index (κ2) is 3.04. The van der Waals surface area contributed by atoms with Gasteiger partial charge in [0.15, 0.2) is 14.6 Å². The molecule has 1 unspecified atom stereocenters. The lowest BCUT2D eigenvalue weighted by Gasteiger charge is -2.29. The topological polar surface area (TPSA) is 70.0 Å². The standard InChI is InChI=1S/C7H12N2O2S/c1-12(10,11)7(5-8)3-2-4-9-6-7/h9H,2-4,6H2,1H3. The Morgan fingerprint density at radius 2 is 2.25 bits per heavy atom. The van der Waals surface area contributed by atoms with Crippen molar-refractivity contribution in [2.24, 2.45) is 0 Å². The van der Waals surface area contributed by atoms with Gasteiger partial charge in [-0.25, -0.2) is 8.42 Å². The average molecular weight is 188 g/mol. The maximum atomic E-state index is 11.3. The van der Waals surface area contributed by atoms with Gasteiger partial charge < -0.3 is 5.32 Å². The summed E-state index contributed by atoms with van der Waals surface area (Å²) in [5.41, 5.74) is 0. The van der Waals surface area contributed by atoms with Crippen molar-refractivity contribution >= 4 is 9.84 Å². The molecule has 1 saturated heterocycles. The van der Waals surface area contributed by atoms with E-state index in [4.69, 9.17) is 5.26 Å². The average Bonchev–Trinajstić information content (AvgIpc) is 2.04. The summed E-state index contributed by atoms with van der Waals surface area (Å²) in [6, 6.07) is 1.91. The van der Waals surface area contributed by atoms with Crippen LogP contribution in [0.1, 0.15) is 12.8 Å². The maximum absolute atomic E-state index is 11.3. The zero-order valence-electron chi connectivity index (χ0n) is 7.00. The molecular formula is C7H12N2O2S. The van der Waals surface area contributed by atoms with Gasteiger partial charge in [0.05, 0.1) is 6.07 Å². The van der Waals surface area contributed by atoms with E-state index in [9.17, 15) is 8.42 Å². The Morgan fingerprint density at radius 1 is 1.58 bits per heavy atom. The fraction of sp³-hybridized carbons (Fsp3) is 0.857. The van der Waals surface area contributed by atoms with Crippen LogP contribution in [0.2, 0.25) is 0 Å². The fourth-order valence-corrected chi connectivity index (χ4v) is 2.42. The van der Waals surface area contributed by atoms with Crippen LogP contribution in [0.5, 0.6) is 0 Å². The molecule has 0 amide bonds. The van der Waals surface area contributed by atoms with Gasteiger partial charge in [-0.15, -0.1) is 0 Å². The third-order valence-corrected chi connectivity index (χ3v) is 4.12. The molecule has 1 atom stereocenters. The maximum Gasteiger partial charge on any atom is 0.170 e. The third-order valence-electron chi connectivity index (χ3n) is 2.26. The normalized spacial score (nSPS) is 31.0. The van der Waals surface area contributed by atoms with Gasteiger partial charge in [0, 0.05) is 12.8 Å². The molecule has 1 N–H and O–H groups in total. The van der Waals surface area contributed by atoms with E-state index in [1.54, 1.807) is 0 Å². The molecule has 1 heterocycles. The number of piperidine rings is 1. The molecule has 68 valence electrons. The van der Waals surface area contributed by atoms with E-state index in [1.165, 1.54) is 0 Å². The van der Waals surface area contributed by atoms with Gasteiger partial charge in [-0.2, -0.15) is 5.26 Å². The Morgan fingerprint density at radius 3 is 2.50 bits per heavy atom. The Hall–Kier alpha value is -0.600. The van der Waals surface area contributed by atoms with Crippen molar-refractivity contribution in [2.75, 3.05) is 19.3 Å². The number of hydrogen-bond acceptors (Lipinski definition) is 4. The third kappa shape index (κ3) is 1.45. The SMILES string of the molecule is CS(=O)(=O)C1(C#N)CCCNC1. The highest BCUT2D eigenvalue weighted by molar-refractivity contribution is 7.92. The second-order valence-corrected chi connectivity index (χ2v) is 5.48. The molecule has 1 rings (SSSR count). The summed E-state index contributed by atoms with van der Waals surface area (Å²) in [6.07, 6.45) is 2.33. The molecule has 0 saturated carbocycles. The van der Waals surface area contributed by atoms with Crippen molar-refractivity contribution in [2.45, 2.75) is 17.6 Å². The van der Waals surface area contributed by atoms with E-state index in [0.717, 1.165) is 19.2 Å². The van der Waals surface area contributed by atoms with Crippen LogP contribution in [0, 0.1) is 11.3 Å². The minimum absolute atomic E-state index is 0.266. The van der Waals surface area contributed by atoms with Crippen molar-refractivity contribution in [3.63, 3.8) is 0 Å². The zero-order valence-corrected chi connectivity index (χ0v) is 7.82. The predicted molar refractivity (Wildman–Crippen MR) is 45.3 cm³/mol. The van der Waals surface area contributed by atoms with Gasteiger partial charge >= 0.3 is 0 Å². The largest absolute Gasteiger partial charge is 0.314 e. The van der Waals surface area contributed by atoms with Crippen LogP contribution in [-0.2, 0) is 9.84 Å². The number of rotatable bonds is 1. The molecule has 1 aliphatic heterocycles. The van der Waals surface area contributed by atoms with Crippen LogP contribution >= 0.6 is 0 Å². The van der Waals surface area contributed by atoms with Crippen LogP contribution in [0.15, 0.2) is 0 Å². The molecule has 12 heavy (non-hydrogen) atoms. The monoisotopic (exact) mass is 188 g/mol. The highest BCUT2D eigenvalue weighted by Gasteiger charge is 2.42. The van der Waals surface area contributed by atoms with Gasteiger partial charge in [0.2, 0.25) is 0 Å². The Labute approximate surface area is 72.5 Å². The van der Waals surface area contributed by atoms with Gasteiger partial charge in [-0.05, 0) is 19.4 Å². The fourth-order valence-electron chi connectivity index (χ4n) is 1.37. The van der Waals surface area contributed by atoms with E-state index in [1.807, 2.05) is 6.07 Å². The van der Waals surface area contributed by atoms with Gasteiger partial charge in [0.25, 0.3) is 0 Å². The molecule has 4 nitrogen and oxygen atoms in total. The first-order valence-corrected chi connectivity index (χ1v) is 5.72. The molecular weight excluding hydrogens is 176 g/mol. The second-order valence-electron chi connectivity index (χ2n) is 3.16. The van der Waals surface area contributed by atoms with Crippen molar-refractivity contribution in [1.82, 2.24) is 5.32 Å². The quantitative estimate of drug-likeness (QED) is 0.612. The van der Waals surface area contributed by atoms with Crippen molar-refractivity contribution in [1.29, 1.82) is 5.26 Å². The number of nitrogens with zero attached hydrogens (tertiary/aromatic N) is 1. The minimum Gasteiger partial charge on any atom is -0.314 e. The van der Waals surface area contributed by atoms with Crippen LogP contribution < -0.4 is 5.32 Å². The molecule has 1 fully saturated rings. The Kier molecular flexibility index (Phi) is 2.40. The summed E-state index contributed by atoms with van der Waals surface area (Å²) in [5.74, 6) is 0. The van der Waals surface area contributed by atoms with Gasteiger partial charge in [0.1, 0.15) is 0 Å². The van der Waals surface area contributed by atoms with Gasteiger partial charge in [-0.3, -0.25) is 0 Å². The first-order chi connectivity index (χ1) is 5.52. The lowest BCUT2D eigenvalue weighted by atomic mass is 10.0. The number of sulfone groups is 1. The van der Waals surface area contributed by atoms with E-state index in [0.29, 0.717) is 6.42 Å². The molecule has 0 aliphatic carbocycles. The minimum atomic E-state index is -3.26. The van der Waals surface area contributed by atoms with Crippen LogP contribution in [0.3, 0.4) is 0 Å². The van der Waals surface area contributed by atoms with E-state index < -0.39 is 14.6 Å². The summed E-state index contributed by atoms with van der Waals surface area (Å²) in [5, 5.41) is 11.7. The Balaban J connectivity index is 2.99. The smallest absolute Gasteiger partial charge is 0.170 e. The van der Waals surface area contributed by atoms with Gasteiger partial charge in [-0.1, -0.05) is 0 Å². The highest BCUT2D eigenvalue weighted by atomic mass is 32.2. The summed E-state index contributed by atoms with van der Waals surface area (Å²) in [6.45, 7) is 1.07. The van der Waals surface area contributed by atoms with E-state index in [2.05, 4.69) is 5.32 Å². The first-order valence-electron chi connectivity index (χ1n) is 3.83. The summed E-state index contributed by atoms with van der Waals surface area (Å²) in [7, 11) is -3.26. The van der Waals surface area contributed by atoms with Crippen molar-refractivity contribution in [3.8, 4) is 6.07 Å². The van der Waals surface area contributed by atoms with Crippen molar-refractivity contribution < 1.29 is 8.42 Å². The molecule has 0 aromatic rings. The molecule has 0 aromatic carbocycles.